The van der Waals surface area contributed by atoms with Gasteiger partial charge in [0.25, 0.3) is 0 Å². The van der Waals surface area contributed by atoms with Gasteiger partial charge in [0.05, 0.1) is 5.56 Å². The number of rotatable bonds is 2. The first-order valence-corrected chi connectivity index (χ1v) is 5.66. The zero-order valence-electron chi connectivity index (χ0n) is 10.2. The van der Waals surface area contributed by atoms with E-state index in [0.717, 1.165) is 6.07 Å². The standard InChI is InChI=1S/C15H11F3O/c1-10-8-11(9-19)6-7-12(10)13-4-2-3-5-14(13)15(16,17)18/h2-9H,1H3. The second-order valence-electron chi connectivity index (χ2n) is 4.24. The summed E-state index contributed by atoms with van der Waals surface area (Å²) in [4.78, 5) is 10.7. The third-order valence-electron chi connectivity index (χ3n) is 2.91. The SMILES string of the molecule is Cc1cc(C=O)ccc1-c1ccccc1C(F)(F)F. The summed E-state index contributed by atoms with van der Waals surface area (Å²) < 4.78 is 38.9. The predicted molar refractivity (Wildman–Crippen MR) is 67.0 cm³/mol. The van der Waals surface area contributed by atoms with Gasteiger partial charge in [-0.25, -0.2) is 0 Å². The summed E-state index contributed by atoms with van der Waals surface area (Å²) in [5.41, 5.74) is 1.03. The van der Waals surface area contributed by atoms with Crippen molar-refractivity contribution < 1.29 is 18.0 Å². The Morgan fingerprint density at radius 3 is 2.26 bits per heavy atom. The molecule has 0 aliphatic carbocycles. The smallest absolute Gasteiger partial charge is 0.298 e. The Bertz CT molecular complexity index is 615. The molecular weight excluding hydrogens is 253 g/mol. The highest BCUT2D eigenvalue weighted by Crippen LogP contribution is 2.37. The van der Waals surface area contributed by atoms with E-state index in [4.69, 9.17) is 0 Å². The van der Waals surface area contributed by atoms with Gasteiger partial charge in [-0.15, -0.1) is 0 Å². The molecule has 0 saturated carbocycles. The van der Waals surface area contributed by atoms with Crippen LogP contribution in [0.5, 0.6) is 0 Å². The molecule has 4 heteroatoms. The molecule has 0 saturated heterocycles. The summed E-state index contributed by atoms with van der Waals surface area (Å²) in [5.74, 6) is 0. The average Bonchev–Trinajstić information content (AvgIpc) is 2.37. The maximum Gasteiger partial charge on any atom is 0.417 e. The van der Waals surface area contributed by atoms with Gasteiger partial charge in [0.15, 0.2) is 0 Å². The highest BCUT2D eigenvalue weighted by atomic mass is 19.4. The minimum Gasteiger partial charge on any atom is -0.298 e. The molecule has 0 radical (unpaired) electrons. The number of alkyl halides is 3. The summed E-state index contributed by atoms with van der Waals surface area (Å²) in [7, 11) is 0. The van der Waals surface area contributed by atoms with Crippen molar-refractivity contribution in [1.29, 1.82) is 0 Å². The fourth-order valence-corrected chi connectivity index (χ4v) is 2.03. The predicted octanol–water partition coefficient (Wildman–Crippen LogP) is 4.49. The molecule has 0 fully saturated rings. The van der Waals surface area contributed by atoms with E-state index in [0.29, 0.717) is 23.0 Å². The van der Waals surface area contributed by atoms with Gasteiger partial charge in [-0.3, -0.25) is 4.79 Å². The summed E-state index contributed by atoms with van der Waals surface area (Å²) in [5, 5.41) is 0. The first-order chi connectivity index (χ1) is 8.93. The number of benzene rings is 2. The van der Waals surface area contributed by atoms with E-state index in [1.807, 2.05) is 0 Å². The molecule has 0 unspecified atom stereocenters. The highest BCUT2D eigenvalue weighted by Gasteiger charge is 2.33. The van der Waals surface area contributed by atoms with Gasteiger partial charge in [-0.1, -0.05) is 30.3 Å². The molecular formula is C15H11F3O. The number of carbonyl (C=O) groups excluding carboxylic acids is 1. The summed E-state index contributed by atoms with van der Waals surface area (Å²) >= 11 is 0. The molecule has 0 spiro atoms. The molecule has 19 heavy (non-hydrogen) atoms. The van der Waals surface area contributed by atoms with Crippen LogP contribution in [0.2, 0.25) is 0 Å². The lowest BCUT2D eigenvalue weighted by Crippen LogP contribution is -2.07. The van der Waals surface area contributed by atoms with Crippen LogP contribution in [0, 0.1) is 6.92 Å². The molecule has 98 valence electrons. The maximum atomic E-state index is 13.0. The second-order valence-corrected chi connectivity index (χ2v) is 4.24. The molecule has 2 rings (SSSR count). The van der Waals surface area contributed by atoms with Gasteiger partial charge in [-0.05, 0) is 35.7 Å². The largest absolute Gasteiger partial charge is 0.417 e. The third kappa shape index (κ3) is 2.67. The van der Waals surface area contributed by atoms with Crippen molar-refractivity contribution in [1.82, 2.24) is 0 Å². The zero-order chi connectivity index (χ0) is 14.0. The topological polar surface area (TPSA) is 17.1 Å². The summed E-state index contributed by atoms with van der Waals surface area (Å²) in [6.07, 6.45) is -3.72. The van der Waals surface area contributed by atoms with Crippen LogP contribution in [0.15, 0.2) is 42.5 Å². The van der Waals surface area contributed by atoms with E-state index in [1.165, 1.54) is 18.2 Å². The number of hydrogen-bond acceptors (Lipinski definition) is 1. The number of carbonyl (C=O) groups is 1. The van der Waals surface area contributed by atoms with Gasteiger partial charge >= 0.3 is 6.18 Å². The van der Waals surface area contributed by atoms with Crippen LogP contribution >= 0.6 is 0 Å². The molecule has 0 aliphatic heterocycles. The average molecular weight is 264 g/mol. The van der Waals surface area contributed by atoms with Crippen LogP contribution < -0.4 is 0 Å². The second kappa shape index (κ2) is 4.88. The van der Waals surface area contributed by atoms with E-state index >= 15 is 0 Å². The molecule has 0 amide bonds. The molecule has 2 aromatic rings. The zero-order valence-corrected chi connectivity index (χ0v) is 10.2. The van der Waals surface area contributed by atoms with E-state index in [9.17, 15) is 18.0 Å². The molecule has 0 aliphatic rings. The van der Waals surface area contributed by atoms with Crippen molar-refractivity contribution >= 4 is 6.29 Å². The first kappa shape index (κ1) is 13.3. The molecule has 0 atom stereocenters. The van der Waals surface area contributed by atoms with Crippen LogP contribution in [-0.4, -0.2) is 6.29 Å². The van der Waals surface area contributed by atoms with Gasteiger partial charge in [-0.2, -0.15) is 13.2 Å². The Morgan fingerprint density at radius 2 is 1.68 bits per heavy atom. The fourth-order valence-electron chi connectivity index (χ4n) is 2.03. The number of halogens is 3. The lowest BCUT2D eigenvalue weighted by molar-refractivity contribution is -0.137. The normalized spacial score (nSPS) is 11.4. The summed E-state index contributed by atoms with van der Waals surface area (Å²) in [6.45, 7) is 1.69. The Labute approximate surface area is 108 Å². The Morgan fingerprint density at radius 1 is 1.00 bits per heavy atom. The van der Waals surface area contributed by atoms with Crippen LogP contribution in [-0.2, 0) is 6.18 Å². The molecule has 2 aromatic carbocycles. The Balaban J connectivity index is 2.63. The number of aryl methyl sites for hydroxylation is 1. The fraction of sp³-hybridized carbons (Fsp3) is 0.133. The third-order valence-corrected chi connectivity index (χ3v) is 2.91. The van der Waals surface area contributed by atoms with Gasteiger partial charge in [0, 0.05) is 5.56 Å². The lowest BCUT2D eigenvalue weighted by Gasteiger charge is -2.14. The molecule has 0 bridgehead atoms. The van der Waals surface area contributed by atoms with Gasteiger partial charge in [0.1, 0.15) is 6.29 Å². The molecule has 0 aromatic heterocycles. The quantitative estimate of drug-likeness (QED) is 0.730. The monoisotopic (exact) mass is 264 g/mol. The van der Waals surface area contributed by atoms with Crippen LogP contribution in [0.25, 0.3) is 11.1 Å². The molecule has 0 N–H and O–H groups in total. The van der Waals surface area contributed by atoms with Crippen molar-refractivity contribution in [2.75, 3.05) is 0 Å². The minimum atomic E-state index is -4.40. The minimum absolute atomic E-state index is 0.130. The number of aldehydes is 1. The van der Waals surface area contributed by atoms with Crippen molar-refractivity contribution in [3.8, 4) is 11.1 Å². The summed E-state index contributed by atoms with van der Waals surface area (Å²) in [6, 6.07) is 10.1. The van der Waals surface area contributed by atoms with E-state index in [1.54, 1.807) is 25.1 Å². The van der Waals surface area contributed by atoms with E-state index in [2.05, 4.69) is 0 Å². The van der Waals surface area contributed by atoms with E-state index in [-0.39, 0.29) is 5.56 Å². The highest BCUT2D eigenvalue weighted by molar-refractivity contribution is 5.79. The maximum absolute atomic E-state index is 13.0. The Kier molecular flexibility index (Phi) is 3.42. The van der Waals surface area contributed by atoms with Crippen molar-refractivity contribution in [2.24, 2.45) is 0 Å². The van der Waals surface area contributed by atoms with Crippen LogP contribution in [0.1, 0.15) is 21.5 Å². The van der Waals surface area contributed by atoms with Crippen LogP contribution in [0.4, 0.5) is 13.2 Å². The van der Waals surface area contributed by atoms with Crippen molar-refractivity contribution in [2.45, 2.75) is 13.1 Å². The number of hydrogen-bond donors (Lipinski definition) is 0. The van der Waals surface area contributed by atoms with Crippen molar-refractivity contribution in [3.63, 3.8) is 0 Å². The molecule has 0 heterocycles. The Hall–Kier alpha value is -2.10. The van der Waals surface area contributed by atoms with Gasteiger partial charge in [0.2, 0.25) is 0 Å². The van der Waals surface area contributed by atoms with Gasteiger partial charge < -0.3 is 0 Å². The van der Waals surface area contributed by atoms with E-state index < -0.39 is 11.7 Å². The lowest BCUT2D eigenvalue weighted by atomic mass is 9.94. The molecule has 1 nitrogen and oxygen atoms in total. The van der Waals surface area contributed by atoms with Crippen LogP contribution in [0.3, 0.4) is 0 Å². The first-order valence-electron chi connectivity index (χ1n) is 5.66. The van der Waals surface area contributed by atoms with Crippen molar-refractivity contribution in [3.05, 3.63) is 59.2 Å².